The van der Waals surface area contributed by atoms with Gasteiger partial charge in [-0.2, -0.15) is 0 Å². The number of methoxy groups -OCH3 is 1. The van der Waals surface area contributed by atoms with Crippen molar-refractivity contribution in [1.82, 2.24) is 4.90 Å². The molecule has 0 aliphatic heterocycles. The minimum absolute atomic E-state index is 0.0710. The van der Waals surface area contributed by atoms with E-state index in [1.165, 1.54) is 0 Å². The standard InChI is InChI=1S/C25H24BrNO3/c1-27(17-19-9-5-3-6-10-19)24(28)14-13-21-15-22(26)25(23(16-21)29-2)30-18-20-11-7-4-8-12-20/h3-16H,17-18H2,1-2H3/b14-13+. The largest absolute Gasteiger partial charge is 0.493 e. The van der Waals surface area contributed by atoms with Crippen LogP contribution in [0.1, 0.15) is 16.7 Å². The van der Waals surface area contributed by atoms with E-state index >= 15 is 0 Å². The van der Waals surface area contributed by atoms with E-state index in [0.29, 0.717) is 24.7 Å². The monoisotopic (exact) mass is 465 g/mol. The van der Waals surface area contributed by atoms with E-state index < -0.39 is 0 Å². The summed E-state index contributed by atoms with van der Waals surface area (Å²) in [6.45, 7) is 0.997. The SMILES string of the molecule is COc1cc(/C=C/C(=O)N(C)Cc2ccccc2)cc(Br)c1OCc1ccccc1. The van der Waals surface area contributed by atoms with Crippen molar-refractivity contribution in [1.29, 1.82) is 0 Å². The number of amides is 1. The zero-order chi connectivity index (χ0) is 21.3. The molecule has 30 heavy (non-hydrogen) atoms. The third-order valence-electron chi connectivity index (χ3n) is 4.53. The van der Waals surface area contributed by atoms with Gasteiger partial charge in [0.1, 0.15) is 6.61 Å². The maximum atomic E-state index is 12.5. The Morgan fingerprint density at radius 3 is 2.27 bits per heavy atom. The van der Waals surface area contributed by atoms with Crippen LogP contribution in [0.2, 0.25) is 0 Å². The molecule has 0 unspecified atom stereocenters. The van der Waals surface area contributed by atoms with Crippen molar-refractivity contribution in [3.05, 3.63) is 100 Å². The summed E-state index contributed by atoms with van der Waals surface area (Å²) in [5, 5.41) is 0. The highest BCUT2D eigenvalue weighted by atomic mass is 79.9. The molecule has 3 rings (SSSR count). The second-order valence-electron chi connectivity index (χ2n) is 6.82. The van der Waals surface area contributed by atoms with Crippen molar-refractivity contribution in [2.45, 2.75) is 13.2 Å². The Kier molecular flexibility index (Phi) is 7.69. The highest BCUT2D eigenvalue weighted by Crippen LogP contribution is 2.37. The summed E-state index contributed by atoms with van der Waals surface area (Å²) in [6, 6.07) is 23.6. The lowest BCUT2D eigenvalue weighted by Crippen LogP contribution is -2.24. The van der Waals surface area contributed by atoms with Crippen molar-refractivity contribution in [2.24, 2.45) is 0 Å². The summed E-state index contributed by atoms with van der Waals surface area (Å²) in [5.41, 5.74) is 3.00. The van der Waals surface area contributed by atoms with Crippen LogP contribution in [0.15, 0.2) is 83.3 Å². The zero-order valence-corrected chi connectivity index (χ0v) is 18.6. The van der Waals surface area contributed by atoms with E-state index in [9.17, 15) is 4.79 Å². The molecule has 0 aliphatic carbocycles. The predicted octanol–water partition coefficient (Wildman–Crippen LogP) is 5.71. The number of rotatable bonds is 8. The van der Waals surface area contributed by atoms with Crippen molar-refractivity contribution < 1.29 is 14.3 Å². The number of carbonyl (C=O) groups excluding carboxylic acids is 1. The van der Waals surface area contributed by atoms with Crippen LogP contribution in [0.5, 0.6) is 11.5 Å². The maximum absolute atomic E-state index is 12.5. The summed E-state index contributed by atoms with van der Waals surface area (Å²) < 4.78 is 12.2. The number of hydrogen-bond acceptors (Lipinski definition) is 3. The Morgan fingerprint density at radius 1 is 1.00 bits per heavy atom. The summed E-state index contributed by atoms with van der Waals surface area (Å²) >= 11 is 3.56. The second kappa shape index (κ2) is 10.6. The van der Waals surface area contributed by atoms with Crippen LogP contribution < -0.4 is 9.47 Å². The molecule has 0 spiro atoms. The van der Waals surface area contributed by atoms with E-state index in [0.717, 1.165) is 21.2 Å². The fourth-order valence-corrected chi connectivity index (χ4v) is 3.51. The number of benzene rings is 3. The Morgan fingerprint density at radius 2 is 1.63 bits per heavy atom. The van der Waals surface area contributed by atoms with E-state index in [-0.39, 0.29) is 5.91 Å². The minimum atomic E-state index is -0.0710. The molecule has 0 aliphatic rings. The molecule has 0 heterocycles. The molecule has 0 N–H and O–H groups in total. The highest BCUT2D eigenvalue weighted by molar-refractivity contribution is 9.10. The van der Waals surface area contributed by atoms with Crippen molar-refractivity contribution in [3.8, 4) is 11.5 Å². The van der Waals surface area contributed by atoms with Gasteiger partial charge in [-0.3, -0.25) is 4.79 Å². The van der Waals surface area contributed by atoms with Gasteiger partial charge in [-0.25, -0.2) is 0 Å². The third kappa shape index (κ3) is 5.97. The number of halogens is 1. The van der Waals surface area contributed by atoms with E-state index in [4.69, 9.17) is 9.47 Å². The summed E-state index contributed by atoms with van der Waals surface area (Å²) in [4.78, 5) is 14.1. The first kappa shape index (κ1) is 21.7. The molecular formula is C25H24BrNO3. The molecule has 4 nitrogen and oxygen atoms in total. The van der Waals surface area contributed by atoms with E-state index in [1.54, 1.807) is 31.2 Å². The Balaban J connectivity index is 1.68. The number of carbonyl (C=O) groups is 1. The van der Waals surface area contributed by atoms with Crippen molar-refractivity contribution in [2.75, 3.05) is 14.2 Å². The molecular weight excluding hydrogens is 442 g/mol. The fourth-order valence-electron chi connectivity index (χ4n) is 2.94. The molecule has 0 aromatic heterocycles. The first-order chi connectivity index (χ1) is 14.6. The zero-order valence-electron chi connectivity index (χ0n) is 17.0. The first-order valence-corrected chi connectivity index (χ1v) is 10.4. The Bertz CT molecular complexity index is 1000. The molecule has 0 fully saturated rings. The number of nitrogens with zero attached hydrogens (tertiary/aromatic N) is 1. The molecule has 0 radical (unpaired) electrons. The van der Waals surface area contributed by atoms with E-state index in [2.05, 4.69) is 15.9 Å². The van der Waals surface area contributed by atoms with Gasteiger partial charge in [-0.1, -0.05) is 60.7 Å². The third-order valence-corrected chi connectivity index (χ3v) is 5.12. The van der Waals surface area contributed by atoms with Gasteiger partial charge in [0.05, 0.1) is 11.6 Å². The average Bonchev–Trinajstić information content (AvgIpc) is 2.77. The lowest BCUT2D eigenvalue weighted by atomic mass is 10.1. The molecule has 0 atom stereocenters. The number of hydrogen-bond donors (Lipinski definition) is 0. The molecule has 5 heteroatoms. The van der Waals surface area contributed by atoms with Crippen LogP contribution in [0.3, 0.4) is 0 Å². The Hall–Kier alpha value is -3.05. The molecule has 0 saturated heterocycles. The fraction of sp³-hybridized carbons (Fsp3) is 0.160. The van der Waals surface area contributed by atoms with Crippen LogP contribution in [0.4, 0.5) is 0 Å². The predicted molar refractivity (Wildman–Crippen MR) is 123 cm³/mol. The highest BCUT2D eigenvalue weighted by Gasteiger charge is 2.12. The van der Waals surface area contributed by atoms with Crippen LogP contribution >= 0.6 is 15.9 Å². The van der Waals surface area contributed by atoms with Gasteiger partial charge in [0.15, 0.2) is 11.5 Å². The molecule has 0 bridgehead atoms. The maximum Gasteiger partial charge on any atom is 0.246 e. The summed E-state index contributed by atoms with van der Waals surface area (Å²) in [6.07, 6.45) is 3.34. The van der Waals surface area contributed by atoms with E-state index in [1.807, 2.05) is 72.8 Å². The van der Waals surface area contributed by atoms with Gasteiger partial charge in [-0.05, 0) is 50.8 Å². The molecule has 0 saturated carbocycles. The lowest BCUT2D eigenvalue weighted by molar-refractivity contribution is -0.125. The normalized spacial score (nSPS) is 10.8. The quantitative estimate of drug-likeness (QED) is 0.400. The Labute approximate surface area is 185 Å². The molecule has 3 aromatic carbocycles. The van der Waals surface area contributed by atoms with Crippen LogP contribution in [0, 0.1) is 0 Å². The first-order valence-electron chi connectivity index (χ1n) is 9.58. The summed E-state index contributed by atoms with van der Waals surface area (Å²) in [7, 11) is 3.39. The number of ether oxygens (including phenoxy) is 2. The topological polar surface area (TPSA) is 38.8 Å². The van der Waals surface area contributed by atoms with Crippen LogP contribution in [-0.2, 0) is 17.9 Å². The molecule has 154 valence electrons. The van der Waals surface area contributed by atoms with Crippen LogP contribution in [0.25, 0.3) is 6.08 Å². The van der Waals surface area contributed by atoms with Crippen LogP contribution in [-0.4, -0.2) is 25.0 Å². The van der Waals surface area contributed by atoms with Crippen molar-refractivity contribution in [3.63, 3.8) is 0 Å². The molecule has 1 amide bonds. The summed E-state index contributed by atoms with van der Waals surface area (Å²) in [5.74, 6) is 1.16. The van der Waals surface area contributed by atoms with Gasteiger partial charge in [-0.15, -0.1) is 0 Å². The second-order valence-corrected chi connectivity index (χ2v) is 7.68. The van der Waals surface area contributed by atoms with Crippen molar-refractivity contribution >= 4 is 27.9 Å². The van der Waals surface area contributed by atoms with Gasteiger partial charge in [0.25, 0.3) is 0 Å². The van der Waals surface area contributed by atoms with Gasteiger partial charge in [0, 0.05) is 19.7 Å². The molecule has 3 aromatic rings. The average molecular weight is 466 g/mol. The number of likely N-dealkylation sites (N-methyl/N-ethyl adjacent to an activating group) is 1. The van der Waals surface area contributed by atoms with Gasteiger partial charge in [0.2, 0.25) is 5.91 Å². The van der Waals surface area contributed by atoms with Gasteiger partial charge < -0.3 is 14.4 Å². The smallest absolute Gasteiger partial charge is 0.246 e. The lowest BCUT2D eigenvalue weighted by Gasteiger charge is -2.15. The minimum Gasteiger partial charge on any atom is -0.493 e. The van der Waals surface area contributed by atoms with Gasteiger partial charge >= 0.3 is 0 Å².